The quantitative estimate of drug-likeness (QED) is 0.143. The second-order valence-corrected chi connectivity index (χ2v) is 18.7. The van der Waals surface area contributed by atoms with Crippen molar-refractivity contribution < 1.29 is 8.83 Å². The molecule has 10 aromatic carbocycles. The second-order valence-electron chi connectivity index (χ2n) is 18.7. The number of hydrogen-bond acceptors (Lipinski definition) is 6. The number of benzene rings is 10. The molecule has 0 saturated carbocycles. The van der Waals surface area contributed by atoms with Gasteiger partial charge in [0.05, 0.1) is 11.4 Å². The number of nitrogens with zero attached hydrogens (tertiary/aromatic N) is 4. The predicted octanol–water partition coefficient (Wildman–Crippen LogP) is 18.4. The molecule has 0 amide bonds. The van der Waals surface area contributed by atoms with Crippen LogP contribution >= 0.6 is 0 Å². The summed E-state index contributed by atoms with van der Waals surface area (Å²) in [7, 11) is 0. The molecular weight excluding hydrogens is 869 g/mol. The molecule has 0 aliphatic carbocycles. The van der Waals surface area contributed by atoms with E-state index in [0.29, 0.717) is 27.9 Å². The van der Waals surface area contributed by atoms with Crippen LogP contribution in [0, 0.1) is 36.5 Å². The van der Waals surface area contributed by atoms with E-state index in [0.717, 1.165) is 111 Å². The first-order valence-electron chi connectivity index (χ1n) is 24.0. The molecule has 0 atom stereocenters. The fraction of sp³-hybridized carbons (Fsp3) is 0.0769. The van der Waals surface area contributed by atoms with Gasteiger partial charge in [0.25, 0.3) is 0 Å². The second kappa shape index (κ2) is 17.3. The maximum absolute atomic E-state index is 11.1. The van der Waals surface area contributed by atoms with Gasteiger partial charge in [-0.1, -0.05) is 134 Å². The topological polar surface area (TPSA) is 80.3 Å². The summed E-state index contributed by atoms with van der Waals surface area (Å²) in [6.45, 7) is 8.50. The van der Waals surface area contributed by atoms with Gasteiger partial charge in [0.15, 0.2) is 11.2 Å². The lowest BCUT2D eigenvalue weighted by molar-refractivity contribution is 0.657. The number of hydrogen-bond donors (Lipinski definition) is 0. The maximum atomic E-state index is 11.1. The standard InChI is InChI=1S/C65H46N4O2/c1-40(2)62-54-37-61-55(52-31-33-59(57(38-66)63(52)70-61)68(48-23-15-41(3)16-24-48)50-27-19-45(20-28-50)43-11-7-5-8-12-43)35-47(54)36-56-53-32-34-60(58(39-67)64(53)71-65(56)62)69(49-25-17-42(4)18-26-49)51-29-21-46(22-30-51)44-13-9-6-10-14-44/h5-37,40H,1-4H3. The average molecular weight is 915 g/mol. The highest BCUT2D eigenvalue weighted by Crippen LogP contribution is 2.48. The molecule has 71 heavy (non-hydrogen) atoms. The Balaban J connectivity index is 1.00. The number of aryl methyl sites for hydroxylation is 2. The lowest BCUT2D eigenvalue weighted by atomic mass is 9.92. The molecule has 2 aromatic heterocycles. The fourth-order valence-electron chi connectivity index (χ4n) is 10.3. The van der Waals surface area contributed by atoms with E-state index in [4.69, 9.17) is 8.83 Å². The molecule has 0 spiro atoms. The summed E-state index contributed by atoms with van der Waals surface area (Å²) in [5.74, 6) is 0.0541. The molecule has 0 aliphatic rings. The van der Waals surface area contributed by atoms with Crippen LogP contribution in [0.15, 0.2) is 209 Å². The van der Waals surface area contributed by atoms with Crippen LogP contribution in [0.3, 0.4) is 0 Å². The van der Waals surface area contributed by atoms with E-state index in [1.165, 1.54) is 0 Å². The van der Waals surface area contributed by atoms with Crippen LogP contribution < -0.4 is 9.80 Å². The van der Waals surface area contributed by atoms with E-state index >= 15 is 0 Å². The van der Waals surface area contributed by atoms with Crippen molar-refractivity contribution in [3.8, 4) is 34.4 Å². The molecule has 12 aromatic rings. The summed E-state index contributed by atoms with van der Waals surface area (Å²) in [4.78, 5) is 4.27. The summed E-state index contributed by atoms with van der Waals surface area (Å²) < 4.78 is 13.8. The van der Waals surface area contributed by atoms with Crippen molar-refractivity contribution >= 4 is 88.8 Å². The van der Waals surface area contributed by atoms with Crippen molar-refractivity contribution in [2.45, 2.75) is 33.6 Å². The molecule has 0 unspecified atom stereocenters. The van der Waals surface area contributed by atoms with Crippen molar-refractivity contribution in [3.63, 3.8) is 0 Å². The zero-order chi connectivity index (χ0) is 48.3. The Labute approximate surface area is 412 Å². The zero-order valence-corrected chi connectivity index (χ0v) is 39.7. The highest BCUT2D eigenvalue weighted by Gasteiger charge is 2.26. The summed E-state index contributed by atoms with van der Waals surface area (Å²) in [5.41, 5.74) is 16.4. The molecule has 0 N–H and O–H groups in total. The lowest BCUT2D eigenvalue weighted by Gasteiger charge is -2.26. The Morgan fingerprint density at radius 1 is 0.394 bits per heavy atom. The van der Waals surface area contributed by atoms with Crippen LogP contribution in [0.25, 0.3) is 76.9 Å². The van der Waals surface area contributed by atoms with E-state index < -0.39 is 0 Å². The van der Waals surface area contributed by atoms with Gasteiger partial charge >= 0.3 is 0 Å². The highest BCUT2D eigenvalue weighted by molar-refractivity contribution is 6.18. The van der Waals surface area contributed by atoms with Gasteiger partial charge in [-0.05, 0) is 144 Å². The Kier molecular flexibility index (Phi) is 10.5. The number of anilines is 6. The molecule has 0 bridgehead atoms. The minimum Gasteiger partial charge on any atom is -0.455 e. The van der Waals surface area contributed by atoms with Crippen LogP contribution in [0.5, 0.6) is 0 Å². The number of fused-ring (bicyclic) bond motifs is 7. The summed E-state index contributed by atoms with van der Waals surface area (Å²) in [6, 6.07) is 74.2. The minimum absolute atomic E-state index is 0.0541. The number of rotatable bonds is 9. The van der Waals surface area contributed by atoms with Crippen LogP contribution in [0.4, 0.5) is 34.1 Å². The Hall–Kier alpha value is -9.36. The zero-order valence-electron chi connectivity index (χ0n) is 39.7. The Morgan fingerprint density at radius 3 is 1.25 bits per heavy atom. The summed E-state index contributed by atoms with van der Waals surface area (Å²) in [6.07, 6.45) is 0. The molecule has 6 nitrogen and oxygen atoms in total. The minimum atomic E-state index is 0.0541. The molecule has 0 radical (unpaired) electrons. The third-order valence-electron chi connectivity index (χ3n) is 13.8. The molecule has 6 heteroatoms. The monoisotopic (exact) mass is 914 g/mol. The van der Waals surface area contributed by atoms with Gasteiger partial charge in [0.2, 0.25) is 0 Å². The summed E-state index contributed by atoms with van der Waals surface area (Å²) in [5, 5.41) is 27.7. The average Bonchev–Trinajstić information content (AvgIpc) is 3.96. The van der Waals surface area contributed by atoms with E-state index in [1.54, 1.807) is 0 Å². The van der Waals surface area contributed by atoms with E-state index in [-0.39, 0.29) is 5.92 Å². The van der Waals surface area contributed by atoms with E-state index in [1.807, 2.05) is 48.5 Å². The van der Waals surface area contributed by atoms with Gasteiger partial charge in [-0.15, -0.1) is 0 Å². The first-order valence-corrected chi connectivity index (χ1v) is 24.0. The van der Waals surface area contributed by atoms with Crippen molar-refractivity contribution in [2.24, 2.45) is 0 Å². The normalized spacial score (nSPS) is 11.5. The van der Waals surface area contributed by atoms with Crippen LogP contribution in [0.2, 0.25) is 0 Å². The smallest absolute Gasteiger partial charge is 0.155 e. The first kappa shape index (κ1) is 43.0. The SMILES string of the molecule is Cc1ccc(N(c2ccc(-c3ccccc3)cc2)c2ccc3c(oc4cc5c(C(C)C)c6oc7c(C#N)c(N(c8ccc(C)cc8)c8ccc(-c9ccccc9)cc8)ccc7c6cc5cc43)c2C#N)cc1. The van der Waals surface area contributed by atoms with Gasteiger partial charge in [-0.2, -0.15) is 10.5 Å². The Morgan fingerprint density at radius 2 is 0.803 bits per heavy atom. The number of nitriles is 2. The predicted molar refractivity (Wildman–Crippen MR) is 292 cm³/mol. The molecule has 2 heterocycles. The van der Waals surface area contributed by atoms with E-state index in [2.05, 4.69) is 201 Å². The van der Waals surface area contributed by atoms with Crippen LogP contribution in [-0.4, -0.2) is 0 Å². The van der Waals surface area contributed by atoms with Crippen molar-refractivity contribution in [1.29, 1.82) is 10.5 Å². The number of furan rings is 2. The lowest BCUT2D eigenvalue weighted by Crippen LogP contribution is -2.11. The maximum Gasteiger partial charge on any atom is 0.155 e. The van der Waals surface area contributed by atoms with Gasteiger partial charge in [-0.25, -0.2) is 0 Å². The van der Waals surface area contributed by atoms with Crippen LogP contribution in [0.1, 0.15) is 47.6 Å². The third-order valence-corrected chi connectivity index (χ3v) is 13.8. The highest BCUT2D eigenvalue weighted by atomic mass is 16.3. The van der Waals surface area contributed by atoms with Gasteiger partial charge in [-0.3, -0.25) is 0 Å². The molecule has 338 valence electrons. The largest absolute Gasteiger partial charge is 0.455 e. The Bertz CT molecular complexity index is 4080. The third kappa shape index (κ3) is 7.33. The summed E-state index contributed by atoms with van der Waals surface area (Å²) >= 11 is 0. The van der Waals surface area contributed by atoms with Crippen molar-refractivity contribution in [1.82, 2.24) is 0 Å². The molecule has 0 aliphatic heterocycles. The van der Waals surface area contributed by atoms with Crippen LogP contribution in [-0.2, 0) is 0 Å². The van der Waals surface area contributed by atoms with Gasteiger partial charge in [0, 0.05) is 49.9 Å². The molecule has 12 rings (SSSR count). The molecule has 0 saturated heterocycles. The van der Waals surface area contributed by atoms with Gasteiger partial charge < -0.3 is 18.6 Å². The first-order chi connectivity index (χ1) is 34.8. The van der Waals surface area contributed by atoms with Gasteiger partial charge in [0.1, 0.15) is 34.4 Å². The van der Waals surface area contributed by atoms with E-state index in [9.17, 15) is 10.5 Å². The van der Waals surface area contributed by atoms with Crippen molar-refractivity contribution in [2.75, 3.05) is 9.80 Å². The van der Waals surface area contributed by atoms with Crippen molar-refractivity contribution in [3.05, 3.63) is 228 Å². The molecule has 0 fully saturated rings. The molecular formula is C65H46N4O2. The fourth-order valence-corrected chi connectivity index (χ4v) is 10.3.